The lowest BCUT2D eigenvalue weighted by atomic mass is 11.0. The van der Waals surface area contributed by atoms with Gasteiger partial charge in [0.05, 0.1) is 0 Å². The monoisotopic (exact) mass is 195 g/mol. The first-order chi connectivity index (χ1) is 5.43. The molecule has 0 saturated heterocycles. The van der Waals surface area contributed by atoms with Crippen molar-refractivity contribution in [2.24, 2.45) is 0 Å². The van der Waals surface area contributed by atoms with Crippen LogP contribution in [0, 0.1) is 10.1 Å². The lowest BCUT2D eigenvalue weighted by Crippen LogP contribution is -2.08. The van der Waals surface area contributed by atoms with E-state index in [1.807, 2.05) is 0 Å². The van der Waals surface area contributed by atoms with E-state index in [1.165, 1.54) is 0 Å². The summed E-state index contributed by atoms with van der Waals surface area (Å²) in [6, 6.07) is 0. The summed E-state index contributed by atoms with van der Waals surface area (Å²) in [6.45, 7) is 0. The van der Waals surface area contributed by atoms with Crippen LogP contribution in [0.3, 0.4) is 0 Å². The minimum atomic E-state index is -5.12. The van der Waals surface area contributed by atoms with Gasteiger partial charge in [-0.15, -0.1) is 0 Å². The zero-order chi connectivity index (χ0) is 9.35. The lowest BCUT2D eigenvalue weighted by Gasteiger charge is -1.93. The highest BCUT2D eigenvalue weighted by atomic mass is 32.3. The highest BCUT2D eigenvalue weighted by molar-refractivity contribution is 7.84. The predicted octanol–water partition coefficient (Wildman–Crippen LogP) is -0.146. The summed E-state index contributed by atoms with van der Waals surface area (Å²) in [5.41, 5.74) is 0. The molecule has 0 radical (unpaired) electrons. The number of hydrogen-bond acceptors (Lipinski definition) is 5. The maximum atomic E-state index is 12.2. The van der Waals surface area contributed by atoms with Crippen molar-refractivity contribution in [1.29, 1.82) is 0 Å². The molecule has 0 spiro atoms. The van der Waals surface area contributed by atoms with Gasteiger partial charge in [0, 0.05) is 0 Å². The summed E-state index contributed by atoms with van der Waals surface area (Å²) in [6.07, 6.45) is 1.46. The van der Waals surface area contributed by atoms with Gasteiger partial charge in [-0.2, -0.15) is 8.42 Å². The van der Waals surface area contributed by atoms with E-state index in [0.29, 0.717) is 6.20 Å². The van der Waals surface area contributed by atoms with E-state index in [1.54, 1.807) is 0 Å². The molecule has 66 valence electrons. The molecule has 0 bridgehead atoms. The summed E-state index contributed by atoms with van der Waals surface area (Å²) in [5, 5.41) is 10.0. The number of nitrogens with zero attached hydrogens (tertiary/aromatic N) is 3. The van der Waals surface area contributed by atoms with E-state index >= 15 is 0 Å². The molecule has 0 atom stereocenters. The molecule has 0 aliphatic rings. The Labute approximate surface area is 65.9 Å². The van der Waals surface area contributed by atoms with Crippen LogP contribution in [-0.4, -0.2) is 22.3 Å². The molecule has 1 heterocycles. The second kappa shape index (κ2) is 2.52. The van der Waals surface area contributed by atoms with Gasteiger partial charge in [-0.05, 0) is 4.92 Å². The number of hydrogen-bond donors (Lipinski definition) is 0. The Kier molecular flexibility index (Phi) is 1.80. The largest absolute Gasteiger partial charge is 0.457 e. The molecule has 1 rings (SSSR count). The molecule has 0 N–H and O–H groups in total. The average Bonchev–Trinajstić information content (AvgIpc) is 2.30. The molecule has 1 aromatic rings. The first-order valence-corrected chi connectivity index (χ1v) is 3.90. The maximum absolute atomic E-state index is 12.2. The minimum Gasteiger partial charge on any atom is -0.390 e. The fraction of sp³-hybridized carbons (Fsp3) is 0. The van der Waals surface area contributed by atoms with Crippen LogP contribution in [0.2, 0.25) is 0 Å². The second-order valence-electron chi connectivity index (χ2n) is 1.72. The zero-order valence-corrected chi connectivity index (χ0v) is 6.23. The molecule has 0 amide bonds. The summed E-state index contributed by atoms with van der Waals surface area (Å²) >= 11 is 0. The highest BCUT2D eigenvalue weighted by Crippen LogP contribution is 2.11. The molecular formula is C3H2FN3O4S. The van der Waals surface area contributed by atoms with Crippen LogP contribution in [0.4, 0.5) is 9.83 Å². The Morgan fingerprint density at radius 1 is 1.67 bits per heavy atom. The molecule has 0 aliphatic carbocycles. The Hall–Kier alpha value is -1.51. The Balaban J connectivity index is 3.36. The third-order valence-electron chi connectivity index (χ3n) is 0.987. The Morgan fingerprint density at radius 3 is 2.58 bits per heavy atom. The normalized spacial score (nSPS) is 11.4. The highest BCUT2D eigenvalue weighted by Gasteiger charge is 2.25. The van der Waals surface area contributed by atoms with Crippen molar-refractivity contribution < 1.29 is 17.2 Å². The van der Waals surface area contributed by atoms with Crippen LogP contribution >= 0.6 is 0 Å². The summed E-state index contributed by atoms with van der Waals surface area (Å²) in [5.74, 6) is -1.07. The SMILES string of the molecule is O=[N+]([O-])c1nccn1S(=O)(=O)F. The van der Waals surface area contributed by atoms with Gasteiger partial charge in [0.1, 0.15) is 12.4 Å². The van der Waals surface area contributed by atoms with E-state index < -0.39 is 21.3 Å². The summed E-state index contributed by atoms with van der Waals surface area (Å²) < 4.78 is 32.3. The molecule has 0 aliphatic heterocycles. The molecular weight excluding hydrogens is 193 g/mol. The summed E-state index contributed by atoms with van der Waals surface area (Å²) in [4.78, 5) is 11.9. The van der Waals surface area contributed by atoms with Gasteiger partial charge >= 0.3 is 16.4 Å². The van der Waals surface area contributed by atoms with Crippen molar-refractivity contribution in [2.75, 3.05) is 0 Å². The number of rotatable bonds is 2. The molecule has 7 nitrogen and oxygen atoms in total. The van der Waals surface area contributed by atoms with Gasteiger partial charge in [0.25, 0.3) is 0 Å². The van der Waals surface area contributed by atoms with Gasteiger partial charge in [-0.3, -0.25) is 0 Å². The molecule has 0 unspecified atom stereocenters. The van der Waals surface area contributed by atoms with Crippen LogP contribution in [0.5, 0.6) is 0 Å². The zero-order valence-electron chi connectivity index (χ0n) is 5.42. The van der Waals surface area contributed by atoms with Gasteiger partial charge in [0.2, 0.25) is 0 Å². The molecule has 12 heavy (non-hydrogen) atoms. The van der Waals surface area contributed by atoms with Crippen LogP contribution in [0.25, 0.3) is 0 Å². The van der Waals surface area contributed by atoms with Crippen LogP contribution in [0.15, 0.2) is 12.4 Å². The standard InChI is InChI=1S/C3H2FN3O4S/c4-12(10,11)6-2-1-5-3(6)7(8)9/h1-2H. The molecule has 1 aromatic heterocycles. The van der Waals surface area contributed by atoms with E-state index in [-0.39, 0.29) is 3.97 Å². The van der Waals surface area contributed by atoms with Crippen LogP contribution in [0.1, 0.15) is 0 Å². The van der Waals surface area contributed by atoms with Crippen molar-refractivity contribution in [2.45, 2.75) is 0 Å². The van der Waals surface area contributed by atoms with Crippen molar-refractivity contribution in [1.82, 2.24) is 8.96 Å². The van der Waals surface area contributed by atoms with Crippen molar-refractivity contribution in [3.63, 3.8) is 0 Å². The third-order valence-corrected chi connectivity index (χ3v) is 1.74. The van der Waals surface area contributed by atoms with E-state index in [9.17, 15) is 22.4 Å². The van der Waals surface area contributed by atoms with Gasteiger partial charge in [-0.25, -0.2) is 0 Å². The van der Waals surface area contributed by atoms with E-state index in [2.05, 4.69) is 4.98 Å². The van der Waals surface area contributed by atoms with Gasteiger partial charge in [0.15, 0.2) is 0 Å². The maximum Gasteiger partial charge on any atom is 0.457 e. The number of halogens is 1. The smallest absolute Gasteiger partial charge is 0.390 e. The minimum absolute atomic E-state index is 0.160. The molecule has 0 fully saturated rings. The first-order valence-electron chi connectivity index (χ1n) is 2.56. The van der Waals surface area contributed by atoms with Crippen molar-refractivity contribution in [3.05, 3.63) is 22.5 Å². The van der Waals surface area contributed by atoms with E-state index in [0.717, 1.165) is 6.20 Å². The molecule has 0 aromatic carbocycles. The number of nitro groups is 1. The van der Waals surface area contributed by atoms with Crippen molar-refractivity contribution >= 4 is 16.4 Å². The lowest BCUT2D eigenvalue weighted by molar-refractivity contribution is -0.394. The second-order valence-corrected chi connectivity index (χ2v) is 2.94. The Bertz CT molecular complexity index is 409. The van der Waals surface area contributed by atoms with E-state index in [4.69, 9.17) is 0 Å². The quantitative estimate of drug-likeness (QED) is 0.371. The molecule has 0 saturated carbocycles. The third kappa shape index (κ3) is 1.39. The Morgan fingerprint density at radius 2 is 2.25 bits per heavy atom. The van der Waals surface area contributed by atoms with Gasteiger partial charge < -0.3 is 10.1 Å². The fourth-order valence-corrected chi connectivity index (χ4v) is 1.09. The fourth-order valence-electron chi connectivity index (χ4n) is 0.582. The number of aromatic nitrogens is 2. The topological polar surface area (TPSA) is 95.1 Å². The van der Waals surface area contributed by atoms with Gasteiger partial charge in [-0.1, -0.05) is 12.8 Å². The van der Waals surface area contributed by atoms with Crippen LogP contribution < -0.4 is 0 Å². The summed E-state index contributed by atoms with van der Waals surface area (Å²) in [7, 11) is -5.12. The first kappa shape index (κ1) is 8.59. The van der Waals surface area contributed by atoms with Crippen LogP contribution in [-0.2, 0) is 10.4 Å². The average molecular weight is 195 g/mol. The number of imidazole rings is 1. The van der Waals surface area contributed by atoms with Crippen molar-refractivity contribution in [3.8, 4) is 0 Å². The molecule has 9 heteroatoms. The predicted molar refractivity (Wildman–Crippen MR) is 34.3 cm³/mol.